The second kappa shape index (κ2) is 9.63. The minimum atomic E-state index is 0.0368. The first-order valence-corrected chi connectivity index (χ1v) is 11.0. The number of aromatic nitrogens is 1. The van der Waals surface area contributed by atoms with Gasteiger partial charge in [-0.15, -0.1) is 0 Å². The number of rotatable bonds is 8. The van der Waals surface area contributed by atoms with E-state index in [1.54, 1.807) is 0 Å². The molecule has 4 heteroatoms. The molecular weight excluding hydrogens is 382 g/mol. The van der Waals surface area contributed by atoms with Crippen LogP contribution in [-0.4, -0.2) is 24.0 Å². The van der Waals surface area contributed by atoms with Gasteiger partial charge in [0.25, 0.3) is 5.91 Å². The van der Waals surface area contributed by atoms with Gasteiger partial charge in [-0.05, 0) is 41.7 Å². The summed E-state index contributed by atoms with van der Waals surface area (Å²) in [6.45, 7) is 5.35. The number of hydrogen-bond acceptors (Lipinski definition) is 1. The number of hydrogen-bond donors (Lipinski definition) is 3. The molecule has 4 rings (SSSR count). The van der Waals surface area contributed by atoms with Crippen molar-refractivity contribution in [2.75, 3.05) is 18.4 Å². The zero-order chi connectivity index (χ0) is 21.6. The van der Waals surface area contributed by atoms with Gasteiger partial charge in [-0.3, -0.25) is 4.79 Å². The van der Waals surface area contributed by atoms with E-state index in [1.165, 1.54) is 22.1 Å². The van der Waals surface area contributed by atoms with Crippen molar-refractivity contribution in [1.82, 2.24) is 4.98 Å². The van der Waals surface area contributed by atoms with Crippen LogP contribution in [0.5, 0.6) is 0 Å². The van der Waals surface area contributed by atoms with E-state index in [2.05, 4.69) is 77.3 Å². The molecule has 0 radical (unpaired) electrons. The average molecular weight is 413 g/mol. The van der Waals surface area contributed by atoms with Gasteiger partial charge in [-0.25, -0.2) is 0 Å². The van der Waals surface area contributed by atoms with Crippen LogP contribution in [0, 0.1) is 6.92 Å². The topological polar surface area (TPSA) is 61.5 Å². The molecule has 0 unspecified atom stereocenters. The Hall–Kier alpha value is -3.37. The SMILES string of the molecule is CCc1cccc(C)c1NC(=O)C[NH2+]C[C@@H](c1ccccc1)c1c[nH]c2ccccc12. The van der Waals surface area contributed by atoms with Crippen LogP contribution in [0.15, 0.2) is 79.0 Å². The number of H-pyrrole nitrogens is 1. The van der Waals surface area contributed by atoms with Crippen LogP contribution in [0.25, 0.3) is 10.9 Å². The molecule has 0 aliphatic rings. The summed E-state index contributed by atoms with van der Waals surface area (Å²) in [7, 11) is 0. The summed E-state index contributed by atoms with van der Waals surface area (Å²) in [5, 5.41) is 6.48. The zero-order valence-corrected chi connectivity index (χ0v) is 18.2. The van der Waals surface area contributed by atoms with Gasteiger partial charge in [0, 0.05) is 22.8 Å². The number of carbonyl (C=O) groups is 1. The summed E-state index contributed by atoms with van der Waals surface area (Å²) in [5.74, 6) is 0.240. The van der Waals surface area contributed by atoms with E-state index < -0.39 is 0 Å². The molecule has 4 nitrogen and oxygen atoms in total. The molecule has 0 aliphatic heterocycles. The molecule has 158 valence electrons. The van der Waals surface area contributed by atoms with Crippen LogP contribution in [0.4, 0.5) is 5.69 Å². The number of fused-ring (bicyclic) bond motifs is 1. The third-order valence-electron chi connectivity index (χ3n) is 5.94. The number of nitrogens with one attached hydrogen (secondary N) is 2. The van der Waals surface area contributed by atoms with E-state index in [9.17, 15) is 4.79 Å². The third-order valence-corrected chi connectivity index (χ3v) is 5.94. The van der Waals surface area contributed by atoms with Crippen molar-refractivity contribution in [2.45, 2.75) is 26.2 Å². The number of anilines is 1. The molecule has 3 aromatic carbocycles. The van der Waals surface area contributed by atoms with Crippen molar-refractivity contribution in [1.29, 1.82) is 0 Å². The Morgan fingerprint density at radius 3 is 2.58 bits per heavy atom. The highest BCUT2D eigenvalue weighted by atomic mass is 16.1. The van der Waals surface area contributed by atoms with E-state index in [0.29, 0.717) is 6.54 Å². The van der Waals surface area contributed by atoms with E-state index in [-0.39, 0.29) is 11.8 Å². The molecule has 31 heavy (non-hydrogen) atoms. The Kier molecular flexibility index (Phi) is 6.48. The molecule has 0 fully saturated rings. The molecule has 0 saturated heterocycles. The number of amides is 1. The summed E-state index contributed by atoms with van der Waals surface area (Å²) >= 11 is 0. The molecule has 1 atom stereocenters. The first kappa shape index (κ1) is 20.9. The Morgan fingerprint density at radius 2 is 1.77 bits per heavy atom. The van der Waals surface area contributed by atoms with E-state index in [4.69, 9.17) is 0 Å². The van der Waals surface area contributed by atoms with Crippen molar-refractivity contribution >= 4 is 22.5 Å². The highest BCUT2D eigenvalue weighted by molar-refractivity contribution is 5.93. The van der Waals surface area contributed by atoms with Gasteiger partial charge < -0.3 is 15.6 Å². The Morgan fingerprint density at radius 1 is 1.00 bits per heavy atom. The van der Waals surface area contributed by atoms with Crippen molar-refractivity contribution < 1.29 is 10.1 Å². The molecule has 4 aromatic rings. The smallest absolute Gasteiger partial charge is 0.279 e. The Bertz CT molecular complexity index is 1160. The van der Waals surface area contributed by atoms with Crippen molar-refractivity contribution in [3.63, 3.8) is 0 Å². The molecule has 0 spiro atoms. The second-order valence-electron chi connectivity index (χ2n) is 7.99. The Balaban J connectivity index is 1.48. The van der Waals surface area contributed by atoms with Crippen molar-refractivity contribution in [2.24, 2.45) is 0 Å². The first-order chi connectivity index (χ1) is 15.2. The standard InChI is InChI=1S/C27H29N3O/c1-3-20-13-9-10-19(2)27(20)30-26(31)18-28-16-23(21-11-5-4-6-12-21)24-17-29-25-15-8-7-14-22(24)25/h4-15,17,23,28-29H,3,16,18H2,1-2H3,(H,30,31)/p+1/t23-/m0/s1. The predicted octanol–water partition coefficient (Wildman–Crippen LogP) is 4.37. The predicted molar refractivity (Wildman–Crippen MR) is 127 cm³/mol. The molecule has 1 aromatic heterocycles. The van der Waals surface area contributed by atoms with Gasteiger partial charge in [0.1, 0.15) is 0 Å². The lowest BCUT2D eigenvalue weighted by Gasteiger charge is -2.17. The summed E-state index contributed by atoms with van der Waals surface area (Å²) in [6, 6.07) is 25.1. The number of benzene rings is 3. The summed E-state index contributed by atoms with van der Waals surface area (Å²) in [5.41, 5.74) is 6.91. The average Bonchev–Trinajstić information content (AvgIpc) is 3.22. The van der Waals surface area contributed by atoms with Gasteiger partial charge in [0.2, 0.25) is 0 Å². The zero-order valence-electron chi connectivity index (χ0n) is 18.2. The second-order valence-corrected chi connectivity index (χ2v) is 7.99. The fraction of sp³-hybridized carbons (Fsp3) is 0.222. The molecule has 0 aliphatic carbocycles. The maximum Gasteiger partial charge on any atom is 0.279 e. The quantitative estimate of drug-likeness (QED) is 0.395. The number of quaternary nitrogens is 1. The van der Waals surface area contributed by atoms with E-state index in [1.807, 2.05) is 31.2 Å². The van der Waals surface area contributed by atoms with Gasteiger partial charge in [-0.1, -0.05) is 73.7 Å². The molecule has 0 bridgehead atoms. The number of aryl methyl sites for hydroxylation is 2. The molecular formula is C27H30N3O+. The molecule has 0 saturated carbocycles. The summed E-state index contributed by atoms with van der Waals surface area (Å²) in [4.78, 5) is 16.1. The minimum Gasteiger partial charge on any atom is -0.361 e. The number of para-hydroxylation sites is 2. The van der Waals surface area contributed by atoms with Gasteiger partial charge in [0.05, 0.1) is 12.5 Å². The minimum absolute atomic E-state index is 0.0368. The summed E-state index contributed by atoms with van der Waals surface area (Å²) < 4.78 is 0. The summed E-state index contributed by atoms with van der Waals surface area (Å²) in [6.07, 6.45) is 3.01. The normalized spacial score (nSPS) is 12.1. The lowest BCUT2D eigenvalue weighted by atomic mass is 9.91. The van der Waals surface area contributed by atoms with Gasteiger partial charge in [-0.2, -0.15) is 0 Å². The van der Waals surface area contributed by atoms with Crippen LogP contribution in [0.3, 0.4) is 0 Å². The molecule has 4 N–H and O–H groups in total. The lowest BCUT2D eigenvalue weighted by molar-refractivity contribution is -0.644. The maximum atomic E-state index is 12.7. The lowest BCUT2D eigenvalue weighted by Crippen LogP contribution is -2.87. The van der Waals surface area contributed by atoms with Crippen LogP contribution in [0.2, 0.25) is 0 Å². The Labute approximate surface area is 183 Å². The molecule has 1 amide bonds. The fourth-order valence-corrected chi connectivity index (χ4v) is 4.28. The number of aromatic amines is 1. The monoisotopic (exact) mass is 412 g/mol. The van der Waals surface area contributed by atoms with Crippen LogP contribution in [0.1, 0.15) is 35.1 Å². The highest BCUT2D eigenvalue weighted by Gasteiger charge is 2.20. The maximum absolute atomic E-state index is 12.7. The van der Waals surface area contributed by atoms with Gasteiger partial charge >= 0.3 is 0 Å². The van der Waals surface area contributed by atoms with Crippen LogP contribution >= 0.6 is 0 Å². The van der Waals surface area contributed by atoms with E-state index in [0.717, 1.165) is 29.7 Å². The highest BCUT2D eigenvalue weighted by Crippen LogP contribution is 2.29. The molecule has 1 heterocycles. The number of carbonyl (C=O) groups excluding carboxylic acids is 1. The van der Waals surface area contributed by atoms with Crippen molar-refractivity contribution in [3.05, 3.63) is 101 Å². The van der Waals surface area contributed by atoms with Crippen LogP contribution in [-0.2, 0) is 11.2 Å². The van der Waals surface area contributed by atoms with Crippen LogP contribution < -0.4 is 10.6 Å². The first-order valence-electron chi connectivity index (χ1n) is 11.0. The largest absolute Gasteiger partial charge is 0.361 e. The van der Waals surface area contributed by atoms with Crippen molar-refractivity contribution in [3.8, 4) is 0 Å². The fourth-order valence-electron chi connectivity index (χ4n) is 4.28. The number of nitrogens with two attached hydrogens (primary N) is 1. The van der Waals surface area contributed by atoms with E-state index >= 15 is 0 Å². The third kappa shape index (κ3) is 4.70. The van der Waals surface area contributed by atoms with Gasteiger partial charge in [0.15, 0.2) is 6.54 Å².